The van der Waals surface area contributed by atoms with E-state index >= 15 is 0 Å². The largest absolute Gasteiger partial charge is 0.391 e. The molecular weight excluding hydrogens is 184 g/mol. The van der Waals surface area contributed by atoms with E-state index in [1.807, 2.05) is 0 Å². The number of carbonyl (C=O) groups is 2. The summed E-state index contributed by atoms with van der Waals surface area (Å²) in [5.74, 6) is -1.26. The minimum atomic E-state index is -0.583. The summed E-state index contributed by atoms with van der Waals surface area (Å²) in [6.45, 7) is 0. The van der Waals surface area contributed by atoms with E-state index < -0.39 is 17.9 Å². The van der Waals surface area contributed by atoms with Crippen LogP contribution in [0.2, 0.25) is 0 Å². The molecule has 3 fully saturated rings. The van der Waals surface area contributed by atoms with Gasteiger partial charge in [-0.1, -0.05) is 0 Å². The summed E-state index contributed by atoms with van der Waals surface area (Å²) in [6, 6.07) is -0.131. The van der Waals surface area contributed by atoms with E-state index in [4.69, 9.17) is 5.73 Å². The summed E-state index contributed by atoms with van der Waals surface area (Å²) in [5, 5.41) is 12.6. The molecule has 2 saturated carbocycles. The molecule has 0 radical (unpaired) electrons. The van der Waals surface area contributed by atoms with Crippen LogP contribution < -0.4 is 11.1 Å². The van der Waals surface area contributed by atoms with Gasteiger partial charge in [-0.05, 0) is 18.3 Å². The molecule has 4 N–H and O–H groups in total. The molecule has 3 rings (SSSR count). The summed E-state index contributed by atoms with van der Waals surface area (Å²) >= 11 is 0. The lowest BCUT2D eigenvalue weighted by Crippen LogP contribution is -2.44. The van der Waals surface area contributed by atoms with E-state index in [0.29, 0.717) is 0 Å². The molecule has 1 aliphatic heterocycles. The molecule has 0 aromatic carbocycles. The van der Waals surface area contributed by atoms with Crippen LogP contribution in [-0.2, 0) is 9.59 Å². The van der Waals surface area contributed by atoms with Crippen LogP contribution in [0, 0.1) is 23.7 Å². The van der Waals surface area contributed by atoms with Crippen molar-refractivity contribution < 1.29 is 14.7 Å². The van der Waals surface area contributed by atoms with Crippen molar-refractivity contribution in [1.82, 2.24) is 5.32 Å². The van der Waals surface area contributed by atoms with Gasteiger partial charge in [0, 0.05) is 0 Å². The van der Waals surface area contributed by atoms with Crippen molar-refractivity contribution >= 4 is 11.8 Å². The lowest BCUT2D eigenvalue weighted by molar-refractivity contribution is -0.132. The molecule has 0 aromatic heterocycles. The topological polar surface area (TPSA) is 92.4 Å². The molecule has 2 bridgehead atoms. The highest BCUT2D eigenvalue weighted by Crippen LogP contribution is 2.55. The van der Waals surface area contributed by atoms with Crippen LogP contribution in [0.4, 0.5) is 0 Å². The Kier molecular flexibility index (Phi) is 1.34. The van der Waals surface area contributed by atoms with Crippen LogP contribution in [0.1, 0.15) is 6.42 Å². The molecular formula is C9H12N2O3. The predicted molar refractivity (Wildman–Crippen MR) is 45.7 cm³/mol. The molecule has 6 atom stereocenters. The maximum Gasteiger partial charge on any atom is 0.224 e. The van der Waals surface area contributed by atoms with Crippen LogP contribution in [0.3, 0.4) is 0 Å². The molecule has 1 saturated heterocycles. The minimum Gasteiger partial charge on any atom is -0.391 e. The molecule has 14 heavy (non-hydrogen) atoms. The second kappa shape index (κ2) is 2.28. The monoisotopic (exact) mass is 196 g/mol. The summed E-state index contributed by atoms with van der Waals surface area (Å²) in [4.78, 5) is 22.7. The zero-order valence-corrected chi connectivity index (χ0v) is 7.51. The highest BCUT2D eigenvalue weighted by atomic mass is 16.3. The van der Waals surface area contributed by atoms with Gasteiger partial charge in [0.05, 0.1) is 24.0 Å². The number of fused-ring (bicyclic) bond motifs is 1. The Morgan fingerprint density at radius 1 is 1.50 bits per heavy atom. The van der Waals surface area contributed by atoms with Crippen LogP contribution in [0.25, 0.3) is 0 Å². The van der Waals surface area contributed by atoms with Crippen LogP contribution in [0.15, 0.2) is 0 Å². The van der Waals surface area contributed by atoms with Crippen molar-refractivity contribution in [2.24, 2.45) is 29.4 Å². The first-order chi connectivity index (χ1) is 6.61. The van der Waals surface area contributed by atoms with Crippen LogP contribution in [0.5, 0.6) is 0 Å². The van der Waals surface area contributed by atoms with Crippen molar-refractivity contribution in [3.63, 3.8) is 0 Å². The third-order valence-electron chi connectivity index (χ3n) is 4.06. The fourth-order valence-electron chi connectivity index (χ4n) is 3.58. The Morgan fingerprint density at radius 2 is 2.21 bits per heavy atom. The maximum absolute atomic E-state index is 11.5. The number of aliphatic hydroxyl groups is 1. The van der Waals surface area contributed by atoms with Crippen molar-refractivity contribution in [1.29, 1.82) is 0 Å². The van der Waals surface area contributed by atoms with Gasteiger partial charge in [0.15, 0.2) is 0 Å². The Morgan fingerprint density at radius 3 is 2.86 bits per heavy atom. The quantitative estimate of drug-likeness (QED) is 0.462. The second-order valence-corrected chi connectivity index (χ2v) is 4.54. The SMILES string of the molecule is NC(=O)[C@@H]1[C@H]2C[C@@H]3[C@@H](NC(=O)[C@H]31)[C@H]2O. The normalized spacial score (nSPS) is 53.6. The molecule has 5 nitrogen and oxygen atoms in total. The summed E-state index contributed by atoms with van der Waals surface area (Å²) in [7, 11) is 0. The molecule has 76 valence electrons. The van der Waals surface area contributed by atoms with E-state index in [-0.39, 0.29) is 29.7 Å². The molecule has 2 amide bonds. The molecule has 0 spiro atoms. The van der Waals surface area contributed by atoms with Crippen LogP contribution >= 0.6 is 0 Å². The molecule has 1 heterocycles. The van der Waals surface area contributed by atoms with E-state index in [9.17, 15) is 14.7 Å². The van der Waals surface area contributed by atoms with Gasteiger partial charge in [-0.25, -0.2) is 0 Å². The zero-order chi connectivity index (χ0) is 10.0. The molecule has 0 unspecified atom stereocenters. The first-order valence-corrected chi connectivity index (χ1v) is 4.89. The van der Waals surface area contributed by atoms with Gasteiger partial charge < -0.3 is 16.2 Å². The Balaban J connectivity index is 2.04. The number of hydrogen-bond donors (Lipinski definition) is 3. The van der Waals surface area contributed by atoms with Gasteiger partial charge in [-0.3, -0.25) is 9.59 Å². The number of nitrogens with one attached hydrogen (secondary N) is 1. The summed E-state index contributed by atoms with van der Waals surface area (Å²) in [5.41, 5.74) is 5.26. The zero-order valence-electron chi connectivity index (χ0n) is 7.51. The number of rotatable bonds is 1. The minimum absolute atomic E-state index is 0.105. The molecule has 5 heteroatoms. The number of hydrogen-bond acceptors (Lipinski definition) is 3. The molecule has 2 aliphatic carbocycles. The average Bonchev–Trinajstić information content (AvgIpc) is 2.67. The van der Waals surface area contributed by atoms with Gasteiger partial charge in [0.2, 0.25) is 11.8 Å². The molecule has 3 aliphatic rings. The van der Waals surface area contributed by atoms with Crippen molar-refractivity contribution in [3.05, 3.63) is 0 Å². The lowest BCUT2D eigenvalue weighted by atomic mass is 9.78. The van der Waals surface area contributed by atoms with E-state index in [1.165, 1.54) is 0 Å². The Labute approximate surface area is 80.6 Å². The fraction of sp³-hybridized carbons (Fsp3) is 0.778. The second-order valence-electron chi connectivity index (χ2n) is 4.54. The third-order valence-corrected chi connectivity index (χ3v) is 4.06. The number of primary amides is 1. The first kappa shape index (κ1) is 8.23. The highest BCUT2D eigenvalue weighted by Gasteiger charge is 2.65. The summed E-state index contributed by atoms with van der Waals surface area (Å²) in [6.07, 6.45) is 0.170. The van der Waals surface area contributed by atoms with E-state index in [1.54, 1.807) is 0 Å². The number of amides is 2. The predicted octanol–water partition coefficient (Wildman–Crippen LogP) is -1.79. The number of carbonyl (C=O) groups excluding carboxylic acids is 2. The van der Waals surface area contributed by atoms with Gasteiger partial charge in [-0.15, -0.1) is 0 Å². The van der Waals surface area contributed by atoms with Crippen molar-refractivity contribution in [3.8, 4) is 0 Å². The van der Waals surface area contributed by atoms with Crippen molar-refractivity contribution in [2.75, 3.05) is 0 Å². The fourth-order valence-corrected chi connectivity index (χ4v) is 3.58. The lowest BCUT2D eigenvalue weighted by Gasteiger charge is -2.27. The van der Waals surface area contributed by atoms with Gasteiger partial charge in [0.1, 0.15) is 0 Å². The van der Waals surface area contributed by atoms with Crippen LogP contribution in [-0.4, -0.2) is 29.1 Å². The molecule has 0 aromatic rings. The van der Waals surface area contributed by atoms with Gasteiger partial charge in [0.25, 0.3) is 0 Å². The number of nitrogens with two attached hydrogens (primary N) is 1. The maximum atomic E-state index is 11.5. The van der Waals surface area contributed by atoms with Gasteiger partial charge >= 0.3 is 0 Å². The Bertz CT molecular complexity index is 330. The smallest absolute Gasteiger partial charge is 0.224 e. The van der Waals surface area contributed by atoms with Gasteiger partial charge in [-0.2, -0.15) is 0 Å². The summed E-state index contributed by atoms with van der Waals surface area (Å²) < 4.78 is 0. The first-order valence-electron chi connectivity index (χ1n) is 4.89. The van der Waals surface area contributed by atoms with E-state index in [0.717, 1.165) is 6.42 Å². The Hall–Kier alpha value is -1.10. The number of aliphatic hydroxyl groups excluding tert-OH is 1. The average molecular weight is 196 g/mol. The van der Waals surface area contributed by atoms with E-state index in [2.05, 4.69) is 5.32 Å². The highest BCUT2D eigenvalue weighted by molar-refractivity contribution is 5.91. The standard InChI is InChI=1S/C9H12N2O3/c10-8(13)4-3-1-2-5(4)9(14)11-6(2)7(3)12/h2-7,12H,1H2,(H2,10,13)(H,11,14)/t2-,3+,4+,5+,6+,7-/m0/s1. The third kappa shape index (κ3) is 0.706. The van der Waals surface area contributed by atoms with Crippen molar-refractivity contribution in [2.45, 2.75) is 18.6 Å².